The monoisotopic (exact) mass is 641 g/mol. The average Bonchev–Trinajstić information content (AvgIpc) is 3.48. The van der Waals surface area contributed by atoms with Gasteiger partial charge in [-0.3, -0.25) is 14.5 Å². The Kier molecular flexibility index (Phi) is 7.30. The fourth-order valence-electron chi connectivity index (χ4n) is 7.73. The number of aromatic hydroxyl groups is 1. The van der Waals surface area contributed by atoms with E-state index in [0.717, 1.165) is 11.1 Å². The van der Waals surface area contributed by atoms with Crippen LogP contribution in [-0.2, 0) is 25.5 Å². The lowest BCUT2D eigenvalue weighted by molar-refractivity contribution is -0.160. The summed E-state index contributed by atoms with van der Waals surface area (Å²) in [6.45, 7) is 6.07. The number of carbonyl (C=O) groups is 3. The number of fused-ring (bicyclic) bond motifs is 9. The summed E-state index contributed by atoms with van der Waals surface area (Å²) < 4.78 is 29.3. The molecule has 45 heavy (non-hydrogen) atoms. The van der Waals surface area contributed by atoms with Crippen molar-refractivity contribution in [1.29, 1.82) is 0 Å². The summed E-state index contributed by atoms with van der Waals surface area (Å²) >= 11 is 1.37. The Balaban J connectivity index is 1.50. The number of phenols is 1. The molecular weight excluding hydrogens is 606 g/mol. The zero-order valence-electron chi connectivity index (χ0n) is 25.5. The number of carbonyl (C=O) groups excluding carboxylic acids is 3. The van der Waals surface area contributed by atoms with E-state index in [1.165, 1.54) is 32.7 Å². The topological polar surface area (TPSA) is 165 Å². The van der Waals surface area contributed by atoms with Crippen molar-refractivity contribution >= 4 is 29.6 Å². The molecule has 7 atom stereocenters. The first-order chi connectivity index (χ1) is 21.5. The molecule has 1 unspecified atom stereocenters. The largest absolute Gasteiger partial charge is 0.504 e. The van der Waals surface area contributed by atoms with Gasteiger partial charge in [0.15, 0.2) is 23.0 Å². The normalized spacial score (nSPS) is 29.6. The lowest BCUT2D eigenvalue weighted by Gasteiger charge is -2.59. The number of ether oxygens (including phenoxy) is 5. The number of aryl methyl sites for hydroxylation is 1. The molecule has 5 heterocycles. The molecule has 0 radical (unpaired) electrons. The Hall–Kier alpha value is -3.72. The highest BCUT2D eigenvalue weighted by atomic mass is 32.2. The maximum atomic E-state index is 13.3. The number of nitrogens with one attached hydrogen (secondary N) is 2. The molecule has 0 spiro atoms. The molecule has 0 aliphatic carbocycles. The van der Waals surface area contributed by atoms with E-state index in [1.807, 2.05) is 17.9 Å². The maximum Gasteiger partial charge on any atom is 0.329 e. The van der Waals surface area contributed by atoms with Crippen molar-refractivity contribution in [2.75, 3.05) is 26.3 Å². The van der Waals surface area contributed by atoms with Crippen LogP contribution in [0.25, 0.3) is 0 Å². The number of piperazine rings is 1. The molecular formula is C31H35N3O10S. The lowest BCUT2D eigenvalue weighted by Crippen LogP contribution is -2.69. The molecule has 2 fully saturated rings. The second kappa shape index (κ2) is 11.0. The van der Waals surface area contributed by atoms with Gasteiger partial charge >= 0.3 is 11.9 Å². The molecule has 2 aromatic rings. The number of rotatable bonds is 3. The number of aliphatic hydroxyl groups is 1. The van der Waals surface area contributed by atoms with Crippen LogP contribution in [0, 0.1) is 13.8 Å². The van der Waals surface area contributed by atoms with E-state index in [9.17, 15) is 24.6 Å². The molecule has 4 bridgehead atoms. The predicted molar refractivity (Wildman–Crippen MR) is 160 cm³/mol. The Labute approximate surface area is 263 Å². The fraction of sp³-hybridized carbons (Fsp3) is 0.516. The van der Waals surface area contributed by atoms with Gasteiger partial charge in [0.2, 0.25) is 12.7 Å². The van der Waals surface area contributed by atoms with Crippen LogP contribution in [0.4, 0.5) is 0 Å². The zero-order chi connectivity index (χ0) is 31.9. The lowest BCUT2D eigenvalue weighted by atomic mass is 9.74. The molecule has 0 saturated carbocycles. The zero-order valence-corrected chi connectivity index (χ0v) is 26.3. The van der Waals surface area contributed by atoms with E-state index < -0.39 is 53.6 Å². The summed E-state index contributed by atoms with van der Waals surface area (Å²) in [5.74, 6) is 0.164. The van der Waals surface area contributed by atoms with Crippen LogP contribution in [-0.4, -0.2) is 83.6 Å². The predicted octanol–water partition coefficient (Wildman–Crippen LogP) is 1.82. The van der Waals surface area contributed by atoms with Gasteiger partial charge in [-0.05, 0) is 31.4 Å². The van der Waals surface area contributed by atoms with Crippen LogP contribution in [0.5, 0.6) is 28.7 Å². The van der Waals surface area contributed by atoms with Crippen molar-refractivity contribution in [3.8, 4) is 28.7 Å². The van der Waals surface area contributed by atoms with E-state index in [1.54, 1.807) is 6.92 Å². The Morgan fingerprint density at radius 2 is 1.87 bits per heavy atom. The number of cyclic esters (lactones) is 1. The summed E-state index contributed by atoms with van der Waals surface area (Å²) in [6.07, 6.45) is -0.605. The van der Waals surface area contributed by atoms with Gasteiger partial charge in [-0.1, -0.05) is 6.07 Å². The van der Waals surface area contributed by atoms with Gasteiger partial charge in [-0.15, -0.1) is 11.8 Å². The highest BCUT2D eigenvalue weighted by molar-refractivity contribution is 7.99. The van der Waals surface area contributed by atoms with Gasteiger partial charge < -0.3 is 44.5 Å². The minimum Gasteiger partial charge on any atom is -0.504 e. The van der Waals surface area contributed by atoms with E-state index in [2.05, 4.69) is 10.6 Å². The van der Waals surface area contributed by atoms with Gasteiger partial charge in [-0.25, -0.2) is 4.79 Å². The van der Waals surface area contributed by atoms with Gasteiger partial charge in [0.25, 0.3) is 0 Å². The maximum absolute atomic E-state index is 13.3. The van der Waals surface area contributed by atoms with Crippen molar-refractivity contribution in [2.45, 2.75) is 75.8 Å². The highest BCUT2D eigenvalue weighted by Crippen LogP contribution is 2.62. The third-order valence-electron chi connectivity index (χ3n) is 9.36. The molecule has 4 N–H and O–H groups in total. The Morgan fingerprint density at radius 1 is 1.11 bits per heavy atom. The number of phenolic OH excluding ortho intramolecular Hbond substituents is 1. The number of hydrogen-bond acceptors (Lipinski definition) is 13. The summed E-state index contributed by atoms with van der Waals surface area (Å²) in [5, 5.41) is 29.4. The van der Waals surface area contributed by atoms with E-state index in [-0.39, 0.29) is 30.8 Å². The molecule has 5 aliphatic heterocycles. The second-order valence-electron chi connectivity index (χ2n) is 12.0. The minimum atomic E-state index is -1.04. The van der Waals surface area contributed by atoms with E-state index in [0.29, 0.717) is 51.7 Å². The quantitative estimate of drug-likeness (QED) is 0.284. The first-order valence-corrected chi connectivity index (χ1v) is 15.9. The third kappa shape index (κ3) is 4.52. The average molecular weight is 642 g/mol. The number of thioether (sulfide) groups is 1. The van der Waals surface area contributed by atoms with Crippen molar-refractivity contribution in [3.05, 3.63) is 39.4 Å². The summed E-state index contributed by atoms with van der Waals surface area (Å²) in [5.41, 5.74) is 4.16. The van der Waals surface area contributed by atoms with Crippen molar-refractivity contribution in [3.63, 3.8) is 0 Å². The van der Waals surface area contributed by atoms with Crippen LogP contribution in [0.2, 0.25) is 0 Å². The molecule has 2 aromatic carbocycles. The number of methoxy groups -OCH3 is 1. The van der Waals surface area contributed by atoms with E-state index in [4.69, 9.17) is 23.7 Å². The summed E-state index contributed by atoms with van der Waals surface area (Å²) in [6, 6.07) is -1.21. The highest BCUT2D eigenvalue weighted by Gasteiger charge is 2.58. The standard InChI is InChI=1S/C31H35N3O10S/c1-11-6-15-7-16-30(38)34-18-8-41-31(39)17(32-13(3)35)9-45-29(23(34)22(33-16)19(15)24(37)25(11)40-5)21-20(18)28-27(42-10-43-28)12(2)26(21)44-14(4)36/h6,16-18,22-23,29-30,33,37-38H,7-10H2,1-5H3,(H,32,35)/t16-,17+,18+,22+,23?,29-,30+/m1/s1. The number of esters is 2. The van der Waals surface area contributed by atoms with Gasteiger partial charge in [0, 0.05) is 47.9 Å². The first-order valence-electron chi connectivity index (χ1n) is 14.8. The third-order valence-corrected chi connectivity index (χ3v) is 10.8. The molecule has 240 valence electrons. The number of amides is 1. The van der Waals surface area contributed by atoms with Crippen molar-refractivity contribution < 1.29 is 48.3 Å². The van der Waals surface area contributed by atoms with Crippen LogP contribution in [0.1, 0.15) is 64.6 Å². The van der Waals surface area contributed by atoms with Gasteiger partial charge in [0.1, 0.15) is 24.6 Å². The second-order valence-corrected chi connectivity index (χ2v) is 13.2. The Bertz CT molecular complexity index is 1630. The van der Waals surface area contributed by atoms with Crippen LogP contribution >= 0.6 is 11.8 Å². The summed E-state index contributed by atoms with van der Waals surface area (Å²) in [4.78, 5) is 39.8. The first kappa shape index (κ1) is 30.0. The number of benzene rings is 2. The number of hydrogen-bond donors (Lipinski definition) is 4. The minimum absolute atomic E-state index is 0.0163. The molecule has 2 saturated heterocycles. The smallest absolute Gasteiger partial charge is 0.329 e. The van der Waals surface area contributed by atoms with Crippen LogP contribution in [0.15, 0.2) is 6.07 Å². The number of nitrogens with zero attached hydrogens (tertiary/aromatic N) is 1. The molecule has 5 aliphatic rings. The molecule has 7 rings (SSSR count). The molecule has 14 heteroatoms. The number of aliphatic hydroxyl groups excluding tert-OH is 1. The SMILES string of the molecule is COc1c(C)cc2c(c1O)[C@@H]1N[C@H](C2)[C@H](O)N2C1[C@@H]1SC[C@H](NC(C)=O)C(=O)OC[C@H]2c2c3c(c(C)c(OC(C)=O)c21)OCO3. The summed E-state index contributed by atoms with van der Waals surface area (Å²) in [7, 11) is 1.51. The van der Waals surface area contributed by atoms with E-state index >= 15 is 0 Å². The fourth-order valence-corrected chi connectivity index (χ4v) is 9.25. The van der Waals surface area contributed by atoms with Crippen molar-refractivity contribution in [1.82, 2.24) is 15.5 Å². The Morgan fingerprint density at radius 3 is 2.58 bits per heavy atom. The van der Waals surface area contributed by atoms with Gasteiger partial charge in [0.05, 0.1) is 30.5 Å². The van der Waals surface area contributed by atoms with Crippen molar-refractivity contribution in [2.24, 2.45) is 0 Å². The molecule has 0 aromatic heterocycles. The molecule has 1 amide bonds. The molecule has 13 nitrogen and oxygen atoms in total. The van der Waals surface area contributed by atoms with Gasteiger partial charge in [-0.2, -0.15) is 0 Å². The van der Waals surface area contributed by atoms with Crippen LogP contribution in [0.3, 0.4) is 0 Å². The van der Waals surface area contributed by atoms with Crippen LogP contribution < -0.4 is 29.6 Å².